The summed E-state index contributed by atoms with van der Waals surface area (Å²) in [7, 11) is 0. The van der Waals surface area contributed by atoms with E-state index in [4.69, 9.17) is 0 Å². The van der Waals surface area contributed by atoms with Gasteiger partial charge in [-0.05, 0) is 61.3 Å². The maximum atomic E-state index is 15.2. The van der Waals surface area contributed by atoms with Gasteiger partial charge in [-0.3, -0.25) is 24.0 Å². The first-order valence-corrected chi connectivity index (χ1v) is 13.7. The minimum Gasteiger partial charge on any atom is -0.326 e. The lowest BCUT2D eigenvalue weighted by Crippen LogP contribution is -2.45. The van der Waals surface area contributed by atoms with Crippen LogP contribution in [0.2, 0.25) is 0 Å². The second-order valence-electron chi connectivity index (χ2n) is 10.5. The lowest BCUT2D eigenvalue weighted by atomic mass is 10.0. The number of nitrogens with one attached hydrogen (secondary N) is 1. The molecule has 11 nitrogen and oxygen atoms in total. The molecular formula is C28H28BrFN8O3. The number of anilines is 1. The van der Waals surface area contributed by atoms with Gasteiger partial charge in [0.05, 0.1) is 23.4 Å². The van der Waals surface area contributed by atoms with Crippen molar-refractivity contribution in [1.82, 2.24) is 34.6 Å². The number of Topliss-reactive ketones (excluding diaryl/α,β-unsaturated/α-hetero) is 1. The number of aromatic nitrogens is 6. The van der Waals surface area contributed by atoms with E-state index in [0.29, 0.717) is 44.1 Å². The van der Waals surface area contributed by atoms with Crippen molar-refractivity contribution < 1.29 is 18.8 Å². The molecule has 0 saturated carbocycles. The quantitative estimate of drug-likeness (QED) is 0.250. The van der Waals surface area contributed by atoms with Gasteiger partial charge < -0.3 is 10.2 Å². The van der Waals surface area contributed by atoms with Crippen LogP contribution in [0.3, 0.4) is 0 Å². The van der Waals surface area contributed by atoms with Crippen LogP contribution in [-0.4, -0.2) is 70.5 Å². The molecular weight excluding hydrogens is 595 g/mol. The van der Waals surface area contributed by atoms with E-state index >= 15 is 4.39 Å². The van der Waals surface area contributed by atoms with Gasteiger partial charge in [-0.1, -0.05) is 6.07 Å². The molecule has 13 heteroatoms. The first-order chi connectivity index (χ1) is 19.3. The zero-order chi connectivity index (χ0) is 29.6. The van der Waals surface area contributed by atoms with E-state index in [1.54, 1.807) is 51.4 Å². The lowest BCUT2D eigenvalue weighted by Gasteiger charge is -2.24. The average molecular weight is 623 g/mol. The van der Waals surface area contributed by atoms with E-state index in [1.165, 1.54) is 23.4 Å². The summed E-state index contributed by atoms with van der Waals surface area (Å²) in [5.41, 5.74) is 1.39. The van der Waals surface area contributed by atoms with Gasteiger partial charge in [0.2, 0.25) is 11.8 Å². The third kappa shape index (κ3) is 5.71. The molecule has 4 aromatic heterocycles. The van der Waals surface area contributed by atoms with Crippen LogP contribution in [0.1, 0.15) is 47.8 Å². The Hall–Kier alpha value is -4.13. The Bertz CT molecular complexity index is 1700. The number of rotatable bonds is 6. The minimum absolute atomic E-state index is 0.168. The first kappa shape index (κ1) is 28.4. The number of aryl methyl sites for hydroxylation is 3. The predicted molar refractivity (Wildman–Crippen MR) is 153 cm³/mol. The number of halogens is 2. The highest BCUT2D eigenvalue weighted by atomic mass is 79.9. The highest BCUT2D eigenvalue weighted by Crippen LogP contribution is 2.33. The van der Waals surface area contributed by atoms with E-state index in [0.717, 1.165) is 5.56 Å². The van der Waals surface area contributed by atoms with Gasteiger partial charge in [0, 0.05) is 36.7 Å². The largest absolute Gasteiger partial charge is 0.326 e. The van der Waals surface area contributed by atoms with Gasteiger partial charge in [-0.2, -0.15) is 5.10 Å². The Morgan fingerprint density at radius 2 is 1.85 bits per heavy atom. The van der Waals surface area contributed by atoms with Crippen LogP contribution in [0.5, 0.6) is 0 Å². The molecule has 5 rings (SSSR count). The van der Waals surface area contributed by atoms with E-state index in [1.807, 2.05) is 0 Å². The molecule has 2 atom stereocenters. The topological polar surface area (TPSA) is 136 Å². The summed E-state index contributed by atoms with van der Waals surface area (Å²) in [6.45, 7) is 7.51. The normalized spacial score (nSPS) is 18.6. The molecule has 1 fully saturated rings. The number of likely N-dealkylation sites (tertiary alicyclic amines) is 1. The van der Waals surface area contributed by atoms with Crippen LogP contribution in [0.15, 0.2) is 35.2 Å². The fourth-order valence-electron chi connectivity index (χ4n) is 5.03. The molecule has 1 N–H and O–H groups in total. The summed E-state index contributed by atoms with van der Waals surface area (Å²) in [5, 5.41) is 7.70. The van der Waals surface area contributed by atoms with Crippen molar-refractivity contribution in [2.75, 3.05) is 11.9 Å². The molecule has 1 aliphatic heterocycles. The number of hydrogen-bond acceptors (Lipinski definition) is 8. The molecule has 0 aromatic carbocycles. The summed E-state index contributed by atoms with van der Waals surface area (Å²) < 4.78 is 17.2. The van der Waals surface area contributed by atoms with E-state index < -0.39 is 23.5 Å². The fourth-order valence-corrected chi connectivity index (χ4v) is 5.34. The second-order valence-corrected chi connectivity index (χ2v) is 11.3. The summed E-state index contributed by atoms with van der Waals surface area (Å²) in [6, 6.07) is 4.19. The number of ketones is 1. The Labute approximate surface area is 243 Å². The zero-order valence-corrected chi connectivity index (χ0v) is 24.8. The van der Waals surface area contributed by atoms with Crippen LogP contribution in [0, 0.1) is 20.8 Å². The molecule has 1 aliphatic rings. The van der Waals surface area contributed by atoms with E-state index in [2.05, 4.69) is 46.3 Å². The van der Waals surface area contributed by atoms with Gasteiger partial charge in [0.15, 0.2) is 5.78 Å². The first-order valence-electron chi connectivity index (χ1n) is 12.9. The van der Waals surface area contributed by atoms with Gasteiger partial charge in [0.1, 0.15) is 40.2 Å². The van der Waals surface area contributed by atoms with Crippen LogP contribution in [0.25, 0.3) is 22.2 Å². The third-order valence-electron chi connectivity index (χ3n) is 7.02. The van der Waals surface area contributed by atoms with Crippen molar-refractivity contribution in [3.05, 3.63) is 58.0 Å². The smallest absolute Gasteiger partial charge is 0.248 e. The molecule has 0 radical (unpaired) electrons. The van der Waals surface area contributed by atoms with Crippen molar-refractivity contribution in [3.63, 3.8) is 0 Å². The second kappa shape index (κ2) is 10.7. The lowest BCUT2D eigenvalue weighted by molar-refractivity contribution is -0.137. The molecule has 0 spiro atoms. The zero-order valence-electron chi connectivity index (χ0n) is 23.2. The Morgan fingerprint density at radius 3 is 2.54 bits per heavy atom. The summed E-state index contributed by atoms with van der Waals surface area (Å²) in [5.74, 6) is -0.399. The van der Waals surface area contributed by atoms with Gasteiger partial charge in [-0.25, -0.2) is 19.3 Å². The number of fused-ring (bicyclic) bond motifs is 1. The fraction of sp³-hybridized carbons (Fsp3) is 0.357. The number of hydrogen-bond donors (Lipinski definition) is 1. The number of carbonyl (C=O) groups excluding carboxylic acids is 3. The standard InChI is InChI=1S/C28H28BrFN8O3/c1-14-6-7-22(29)34-26(14)35-27(41)21-9-28(5,30)13-37(21)23(40)12-38-25-15(2)33-20(18-10-31-17(4)32-11-18)8-19(25)24(36-38)16(3)39/h6-8,10-11,21H,9,12-13H2,1-5H3,(H,34,35,41)/t21-,28+/m0/s1. The SMILES string of the molecule is CC(=O)c1nn(CC(=O)N2C[C@](C)(F)C[C@H]2C(=O)Nc2nc(Br)ccc2C)c2c(C)nc(-c3cnc(C)nc3)cc12. The van der Waals surface area contributed by atoms with Crippen LogP contribution >= 0.6 is 15.9 Å². The van der Waals surface area contributed by atoms with Crippen LogP contribution < -0.4 is 5.32 Å². The third-order valence-corrected chi connectivity index (χ3v) is 7.46. The summed E-state index contributed by atoms with van der Waals surface area (Å²) in [6.07, 6.45) is 3.13. The van der Waals surface area contributed by atoms with Gasteiger partial charge >= 0.3 is 0 Å². The van der Waals surface area contributed by atoms with Gasteiger partial charge in [0.25, 0.3) is 0 Å². The number of alkyl halides is 1. The number of nitrogens with zero attached hydrogens (tertiary/aromatic N) is 7. The van der Waals surface area contributed by atoms with Crippen molar-refractivity contribution in [3.8, 4) is 11.3 Å². The monoisotopic (exact) mass is 622 g/mol. The van der Waals surface area contributed by atoms with E-state index in [9.17, 15) is 14.4 Å². The highest BCUT2D eigenvalue weighted by molar-refractivity contribution is 9.10. The molecule has 41 heavy (non-hydrogen) atoms. The Kier molecular flexibility index (Phi) is 7.41. The van der Waals surface area contributed by atoms with Gasteiger partial charge in [-0.15, -0.1) is 0 Å². The molecule has 212 valence electrons. The highest BCUT2D eigenvalue weighted by Gasteiger charge is 2.46. The van der Waals surface area contributed by atoms with Crippen molar-refractivity contribution in [1.29, 1.82) is 0 Å². The minimum atomic E-state index is -1.77. The number of pyridine rings is 2. The predicted octanol–water partition coefficient (Wildman–Crippen LogP) is 4.14. The van der Waals surface area contributed by atoms with Crippen molar-refractivity contribution in [2.45, 2.75) is 59.3 Å². The average Bonchev–Trinajstić information content (AvgIpc) is 3.44. The maximum absolute atomic E-state index is 15.2. The number of amides is 2. The molecule has 5 heterocycles. The number of carbonyl (C=O) groups is 3. The maximum Gasteiger partial charge on any atom is 0.248 e. The summed E-state index contributed by atoms with van der Waals surface area (Å²) in [4.78, 5) is 58.0. The van der Waals surface area contributed by atoms with Crippen LogP contribution in [-0.2, 0) is 16.1 Å². The molecule has 1 saturated heterocycles. The van der Waals surface area contributed by atoms with Crippen molar-refractivity contribution >= 4 is 50.2 Å². The van der Waals surface area contributed by atoms with E-state index in [-0.39, 0.29) is 31.0 Å². The molecule has 2 amide bonds. The Morgan fingerprint density at radius 1 is 1.15 bits per heavy atom. The Balaban J connectivity index is 1.47. The molecule has 4 aromatic rings. The molecule has 0 unspecified atom stereocenters. The molecule has 0 bridgehead atoms. The van der Waals surface area contributed by atoms with Crippen LogP contribution in [0.4, 0.5) is 10.2 Å². The van der Waals surface area contributed by atoms with Crippen molar-refractivity contribution in [2.24, 2.45) is 0 Å². The molecule has 0 aliphatic carbocycles. The summed E-state index contributed by atoms with van der Waals surface area (Å²) >= 11 is 3.29.